The summed E-state index contributed by atoms with van der Waals surface area (Å²) in [6.45, 7) is 14.4. The zero-order valence-electron chi connectivity index (χ0n) is 14.5. The lowest BCUT2D eigenvalue weighted by Crippen LogP contribution is -2.46. The Bertz CT molecular complexity index is 294. The zero-order valence-corrected chi connectivity index (χ0v) is 14.5. The van der Waals surface area contributed by atoms with Crippen molar-refractivity contribution >= 4 is 0 Å². The first-order valence-electron chi connectivity index (χ1n) is 8.95. The first-order valence-corrected chi connectivity index (χ1v) is 8.95. The van der Waals surface area contributed by atoms with E-state index in [1.165, 1.54) is 12.8 Å². The molecule has 0 aliphatic carbocycles. The van der Waals surface area contributed by atoms with Crippen molar-refractivity contribution in [2.24, 2.45) is 23.7 Å². The van der Waals surface area contributed by atoms with Crippen molar-refractivity contribution in [2.75, 3.05) is 32.9 Å². The molecule has 2 rings (SSSR count). The lowest BCUT2D eigenvalue weighted by molar-refractivity contribution is -0.153. The van der Waals surface area contributed by atoms with E-state index < -0.39 is 0 Å². The molecule has 3 atom stereocenters. The smallest absolute Gasteiger partial charge is 0.0729 e. The largest absolute Gasteiger partial charge is 0.381 e. The molecule has 0 aromatic heterocycles. The van der Waals surface area contributed by atoms with E-state index in [-0.39, 0.29) is 5.60 Å². The van der Waals surface area contributed by atoms with Crippen LogP contribution < -0.4 is 5.32 Å². The predicted molar refractivity (Wildman–Crippen MR) is 87.5 cm³/mol. The lowest BCUT2D eigenvalue weighted by Gasteiger charge is -2.45. The van der Waals surface area contributed by atoms with E-state index in [4.69, 9.17) is 9.47 Å². The summed E-state index contributed by atoms with van der Waals surface area (Å²) in [5, 5.41) is 3.62. The second-order valence-electron chi connectivity index (χ2n) is 7.79. The Balaban J connectivity index is 1.82. The Morgan fingerprint density at radius 3 is 2.43 bits per heavy atom. The summed E-state index contributed by atoms with van der Waals surface area (Å²) in [6.07, 6.45) is 4.66. The van der Waals surface area contributed by atoms with Crippen LogP contribution in [0.2, 0.25) is 0 Å². The molecule has 2 aliphatic heterocycles. The molecule has 0 aromatic carbocycles. The van der Waals surface area contributed by atoms with Crippen LogP contribution in [-0.4, -0.2) is 38.5 Å². The van der Waals surface area contributed by atoms with Crippen LogP contribution >= 0.6 is 0 Å². The van der Waals surface area contributed by atoms with Gasteiger partial charge in [-0.2, -0.15) is 0 Å². The molecule has 2 heterocycles. The molecule has 0 bridgehead atoms. The van der Waals surface area contributed by atoms with Crippen LogP contribution in [-0.2, 0) is 9.47 Å². The standard InChI is InChI=1S/C18H35NO2/c1-14(2)12-19-13-15(3)16(4)17-5-8-21-18(11-17)6-9-20-10-7-18/h14-17,19H,5-13H2,1-4H3. The third-order valence-corrected chi connectivity index (χ3v) is 5.60. The summed E-state index contributed by atoms with van der Waals surface area (Å²) in [7, 11) is 0. The van der Waals surface area contributed by atoms with Gasteiger partial charge >= 0.3 is 0 Å². The van der Waals surface area contributed by atoms with Gasteiger partial charge in [0.1, 0.15) is 0 Å². The lowest BCUT2D eigenvalue weighted by atomic mass is 9.72. The molecule has 3 nitrogen and oxygen atoms in total. The molecule has 0 saturated carbocycles. The second kappa shape index (κ2) is 7.94. The van der Waals surface area contributed by atoms with Gasteiger partial charge in [0.25, 0.3) is 0 Å². The minimum atomic E-state index is 0.139. The van der Waals surface area contributed by atoms with E-state index in [2.05, 4.69) is 33.0 Å². The molecule has 124 valence electrons. The third-order valence-electron chi connectivity index (χ3n) is 5.60. The molecule has 0 radical (unpaired) electrons. The highest BCUT2D eigenvalue weighted by Crippen LogP contribution is 2.41. The molecule has 3 unspecified atom stereocenters. The van der Waals surface area contributed by atoms with Crippen molar-refractivity contribution in [3.63, 3.8) is 0 Å². The molecule has 1 spiro atoms. The summed E-state index contributed by atoms with van der Waals surface area (Å²) in [5.74, 6) is 3.06. The first-order chi connectivity index (χ1) is 10.0. The Morgan fingerprint density at radius 1 is 1.05 bits per heavy atom. The monoisotopic (exact) mass is 297 g/mol. The molecule has 2 saturated heterocycles. The number of hydrogen-bond acceptors (Lipinski definition) is 3. The highest BCUT2D eigenvalue weighted by atomic mass is 16.5. The van der Waals surface area contributed by atoms with Crippen LogP contribution in [0.25, 0.3) is 0 Å². The summed E-state index contributed by atoms with van der Waals surface area (Å²) in [6, 6.07) is 0. The highest BCUT2D eigenvalue weighted by Gasteiger charge is 2.41. The van der Waals surface area contributed by atoms with Crippen molar-refractivity contribution in [3.05, 3.63) is 0 Å². The van der Waals surface area contributed by atoms with Crippen molar-refractivity contribution < 1.29 is 9.47 Å². The van der Waals surface area contributed by atoms with Gasteiger partial charge in [0, 0.05) is 19.8 Å². The molecular formula is C18H35NO2. The Hall–Kier alpha value is -0.120. The molecule has 1 N–H and O–H groups in total. The quantitative estimate of drug-likeness (QED) is 0.814. The number of nitrogens with one attached hydrogen (secondary N) is 1. The Labute approximate surface area is 131 Å². The van der Waals surface area contributed by atoms with Gasteiger partial charge in [0.05, 0.1) is 5.60 Å². The van der Waals surface area contributed by atoms with Crippen LogP contribution in [0.4, 0.5) is 0 Å². The van der Waals surface area contributed by atoms with Gasteiger partial charge in [-0.15, -0.1) is 0 Å². The zero-order chi connectivity index (χ0) is 15.3. The van der Waals surface area contributed by atoms with E-state index in [1.807, 2.05) is 0 Å². The van der Waals surface area contributed by atoms with Gasteiger partial charge < -0.3 is 14.8 Å². The normalized spacial score (nSPS) is 28.7. The van der Waals surface area contributed by atoms with Gasteiger partial charge in [-0.1, -0.05) is 27.7 Å². The second-order valence-corrected chi connectivity index (χ2v) is 7.79. The topological polar surface area (TPSA) is 30.5 Å². The van der Waals surface area contributed by atoms with Crippen molar-refractivity contribution in [1.29, 1.82) is 0 Å². The van der Waals surface area contributed by atoms with E-state index in [0.29, 0.717) is 0 Å². The highest BCUT2D eigenvalue weighted by molar-refractivity contribution is 4.91. The summed E-state index contributed by atoms with van der Waals surface area (Å²) in [4.78, 5) is 0. The van der Waals surface area contributed by atoms with Crippen molar-refractivity contribution in [3.8, 4) is 0 Å². The third kappa shape index (κ3) is 4.94. The van der Waals surface area contributed by atoms with E-state index in [1.54, 1.807) is 0 Å². The van der Waals surface area contributed by atoms with Gasteiger partial charge in [0.15, 0.2) is 0 Å². The van der Waals surface area contributed by atoms with Crippen molar-refractivity contribution in [2.45, 2.75) is 59.0 Å². The summed E-state index contributed by atoms with van der Waals surface area (Å²) < 4.78 is 11.7. The summed E-state index contributed by atoms with van der Waals surface area (Å²) >= 11 is 0. The average Bonchev–Trinajstić information content (AvgIpc) is 2.47. The molecular weight excluding hydrogens is 262 g/mol. The summed E-state index contributed by atoms with van der Waals surface area (Å²) in [5.41, 5.74) is 0.139. The van der Waals surface area contributed by atoms with E-state index >= 15 is 0 Å². The molecule has 21 heavy (non-hydrogen) atoms. The fourth-order valence-electron chi connectivity index (χ4n) is 3.86. The average molecular weight is 297 g/mol. The Kier molecular flexibility index (Phi) is 6.51. The Morgan fingerprint density at radius 2 is 1.76 bits per heavy atom. The maximum absolute atomic E-state index is 6.18. The van der Waals surface area contributed by atoms with Crippen LogP contribution in [0.1, 0.15) is 53.4 Å². The fraction of sp³-hybridized carbons (Fsp3) is 1.00. The minimum absolute atomic E-state index is 0.139. The minimum Gasteiger partial charge on any atom is -0.381 e. The fourth-order valence-corrected chi connectivity index (χ4v) is 3.86. The number of rotatable bonds is 6. The number of hydrogen-bond donors (Lipinski definition) is 1. The first kappa shape index (κ1) is 17.2. The van der Waals surface area contributed by atoms with Gasteiger partial charge in [0.2, 0.25) is 0 Å². The molecule has 0 amide bonds. The van der Waals surface area contributed by atoms with Crippen LogP contribution in [0.5, 0.6) is 0 Å². The van der Waals surface area contributed by atoms with Crippen LogP contribution in [0.15, 0.2) is 0 Å². The molecule has 3 heteroatoms. The maximum Gasteiger partial charge on any atom is 0.0729 e. The van der Waals surface area contributed by atoms with Crippen LogP contribution in [0.3, 0.4) is 0 Å². The van der Waals surface area contributed by atoms with E-state index in [9.17, 15) is 0 Å². The SMILES string of the molecule is CC(C)CNCC(C)C(C)C1CCOC2(CCOCC2)C1. The molecule has 2 aliphatic rings. The van der Waals surface area contributed by atoms with Gasteiger partial charge in [-0.3, -0.25) is 0 Å². The van der Waals surface area contributed by atoms with Crippen molar-refractivity contribution in [1.82, 2.24) is 5.32 Å². The van der Waals surface area contributed by atoms with Crippen LogP contribution in [0, 0.1) is 23.7 Å². The number of ether oxygens (including phenoxy) is 2. The maximum atomic E-state index is 6.18. The van der Waals surface area contributed by atoms with Gasteiger partial charge in [-0.05, 0) is 62.4 Å². The molecule has 2 fully saturated rings. The predicted octanol–water partition coefficient (Wildman–Crippen LogP) is 3.48. The van der Waals surface area contributed by atoms with Gasteiger partial charge in [-0.25, -0.2) is 0 Å². The molecule has 0 aromatic rings. The van der Waals surface area contributed by atoms with E-state index in [0.717, 1.165) is 69.4 Å².